The first-order valence-corrected chi connectivity index (χ1v) is 7.54. The first-order chi connectivity index (χ1) is 9.17. The molecule has 2 nitrogen and oxygen atoms in total. The van der Waals surface area contributed by atoms with Gasteiger partial charge in [-0.2, -0.15) is 0 Å². The Labute approximate surface area is 117 Å². The van der Waals surface area contributed by atoms with Crippen molar-refractivity contribution >= 4 is 0 Å². The predicted octanol–water partition coefficient (Wildman–Crippen LogP) is 3.80. The highest BCUT2D eigenvalue weighted by molar-refractivity contribution is 5.27. The Balaban J connectivity index is 1.69. The normalized spacial score (nSPS) is 18.1. The fraction of sp³-hybridized carbons (Fsp3) is 0.647. The molecular weight excluding hydrogens is 234 g/mol. The number of aryl methyl sites for hydroxylation is 1. The molecule has 0 amide bonds. The van der Waals surface area contributed by atoms with Crippen molar-refractivity contribution in [1.82, 2.24) is 5.32 Å². The lowest BCUT2D eigenvalue weighted by Crippen LogP contribution is -2.32. The van der Waals surface area contributed by atoms with Gasteiger partial charge in [-0.15, -0.1) is 0 Å². The van der Waals surface area contributed by atoms with E-state index in [0.717, 1.165) is 12.2 Å². The van der Waals surface area contributed by atoms with Crippen LogP contribution in [0, 0.1) is 5.41 Å². The molecule has 2 heteroatoms. The van der Waals surface area contributed by atoms with Gasteiger partial charge >= 0.3 is 0 Å². The van der Waals surface area contributed by atoms with Crippen molar-refractivity contribution in [3.8, 4) is 5.75 Å². The van der Waals surface area contributed by atoms with Gasteiger partial charge in [0.05, 0.1) is 7.11 Å². The molecule has 1 aliphatic carbocycles. The molecule has 19 heavy (non-hydrogen) atoms. The van der Waals surface area contributed by atoms with Crippen LogP contribution in [0.2, 0.25) is 0 Å². The smallest absolute Gasteiger partial charge is 0.118 e. The standard InChI is InChI=1S/C17H27NO/c1-4-17(11-12-17)13-18-14(2)5-6-15-7-9-16(19-3)10-8-15/h7-10,14,18H,4-6,11-13H2,1-3H3. The Kier molecular flexibility index (Phi) is 4.87. The predicted molar refractivity (Wildman–Crippen MR) is 80.7 cm³/mol. The van der Waals surface area contributed by atoms with Crippen LogP contribution >= 0.6 is 0 Å². The lowest BCUT2D eigenvalue weighted by Gasteiger charge is -2.19. The summed E-state index contributed by atoms with van der Waals surface area (Å²) < 4.78 is 5.18. The van der Waals surface area contributed by atoms with Gasteiger partial charge in [0.2, 0.25) is 0 Å². The van der Waals surface area contributed by atoms with E-state index in [1.54, 1.807) is 7.11 Å². The summed E-state index contributed by atoms with van der Waals surface area (Å²) in [6.07, 6.45) is 6.50. The Hall–Kier alpha value is -1.02. The third kappa shape index (κ3) is 4.24. The van der Waals surface area contributed by atoms with Crippen molar-refractivity contribution in [2.75, 3.05) is 13.7 Å². The molecule has 1 aliphatic rings. The summed E-state index contributed by atoms with van der Waals surface area (Å²) in [5.41, 5.74) is 2.04. The molecule has 0 bridgehead atoms. The van der Waals surface area contributed by atoms with Crippen molar-refractivity contribution < 1.29 is 4.74 Å². The van der Waals surface area contributed by atoms with Gasteiger partial charge in [0.15, 0.2) is 0 Å². The van der Waals surface area contributed by atoms with Gasteiger partial charge in [-0.1, -0.05) is 19.1 Å². The Bertz CT molecular complexity index is 381. The van der Waals surface area contributed by atoms with E-state index >= 15 is 0 Å². The van der Waals surface area contributed by atoms with Gasteiger partial charge in [0.25, 0.3) is 0 Å². The SMILES string of the molecule is CCC1(CNC(C)CCc2ccc(OC)cc2)CC1. The summed E-state index contributed by atoms with van der Waals surface area (Å²) in [5, 5.41) is 3.70. The average Bonchev–Trinajstić information content (AvgIpc) is 3.24. The minimum Gasteiger partial charge on any atom is -0.497 e. The number of rotatable bonds is 8. The molecule has 0 saturated heterocycles. The lowest BCUT2D eigenvalue weighted by molar-refractivity contribution is 0.400. The maximum Gasteiger partial charge on any atom is 0.118 e. The van der Waals surface area contributed by atoms with E-state index in [4.69, 9.17) is 4.74 Å². The molecule has 1 atom stereocenters. The third-order valence-electron chi connectivity index (χ3n) is 4.56. The van der Waals surface area contributed by atoms with Crippen LogP contribution in [-0.2, 0) is 6.42 Å². The van der Waals surface area contributed by atoms with Crippen LogP contribution in [0.25, 0.3) is 0 Å². The number of methoxy groups -OCH3 is 1. The Morgan fingerprint density at radius 2 is 1.95 bits per heavy atom. The Morgan fingerprint density at radius 3 is 2.47 bits per heavy atom. The number of hydrogen-bond donors (Lipinski definition) is 1. The lowest BCUT2D eigenvalue weighted by atomic mass is 10.0. The van der Waals surface area contributed by atoms with Gasteiger partial charge in [-0.25, -0.2) is 0 Å². The summed E-state index contributed by atoms with van der Waals surface area (Å²) >= 11 is 0. The zero-order valence-electron chi connectivity index (χ0n) is 12.5. The number of nitrogens with one attached hydrogen (secondary N) is 1. The zero-order chi connectivity index (χ0) is 13.7. The first-order valence-electron chi connectivity index (χ1n) is 7.54. The third-order valence-corrected chi connectivity index (χ3v) is 4.56. The van der Waals surface area contributed by atoms with E-state index in [-0.39, 0.29) is 0 Å². The van der Waals surface area contributed by atoms with Gasteiger partial charge in [0.1, 0.15) is 5.75 Å². The van der Waals surface area contributed by atoms with Crippen molar-refractivity contribution in [3.05, 3.63) is 29.8 Å². The highest BCUT2D eigenvalue weighted by Gasteiger charge is 2.40. The summed E-state index contributed by atoms with van der Waals surface area (Å²) in [4.78, 5) is 0. The monoisotopic (exact) mass is 261 g/mol. The number of hydrogen-bond acceptors (Lipinski definition) is 2. The zero-order valence-corrected chi connectivity index (χ0v) is 12.5. The largest absolute Gasteiger partial charge is 0.497 e. The second-order valence-electron chi connectivity index (χ2n) is 6.02. The molecule has 1 aromatic rings. The fourth-order valence-electron chi connectivity index (χ4n) is 2.50. The average molecular weight is 261 g/mol. The second-order valence-corrected chi connectivity index (χ2v) is 6.02. The molecule has 1 fully saturated rings. The van der Waals surface area contributed by atoms with Crippen LogP contribution in [0.15, 0.2) is 24.3 Å². The molecule has 0 radical (unpaired) electrons. The quantitative estimate of drug-likeness (QED) is 0.768. The van der Waals surface area contributed by atoms with Crippen LogP contribution in [0.5, 0.6) is 5.75 Å². The van der Waals surface area contributed by atoms with Gasteiger partial charge in [-0.3, -0.25) is 0 Å². The minimum absolute atomic E-state index is 0.603. The summed E-state index contributed by atoms with van der Waals surface area (Å²) in [5.74, 6) is 0.938. The Morgan fingerprint density at radius 1 is 1.26 bits per heavy atom. The summed E-state index contributed by atoms with van der Waals surface area (Å²) in [6, 6.07) is 9.03. The van der Waals surface area contributed by atoms with E-state index in [1.165, 1.54) is 37.8 Å². The molecule has 1 N–H and O–H groups in total. The van der Waals surface area contributed by atoms with Crippen LogP contribution < -0.4 is 10.1 Å². The van der Waals surface area contributed by atoms with E-state index in [1.807, 2.05) is 12.1 Å². The molecule has 0 spiro atoms. The van der Waals surface area contributed by atoms with E-state index < -0.39 is 0 Å². The highest BCUT2D eigenvalue weighted by atomic mass is 16.5. The molecular formula is C17H27NO. The molecule has 0 heterocycles. The molecule has 0 aliphatic heterocycles. The maximum absolute atomic E-state index is 5.18. The van der Waals surface area contributed by atoms with E-state index in [9.17, 15) is 0 Å². The van der Waals surface area contributed by atoms with Gasteiger partial charge in [0, 0.05) is 12.6 Å². The second kappa shape index (κ2) is 6.42. The number of ether oxygens (including phenoxy) is 1. The molecule has 106 valence electrons. The van der Waals surface area contributed by atoms with Crippen LogP contribution in [0.1, 0.15) is 45.1 Å². The van der Waals surface area contributed by atoms with Crippen LogP contribution in [0.3, 0.4) is 0 Å². The van der Waals surface area contributed by atoms with Crippen LogP contribution in [0.4, 0.5) is 0 Å². The molecule has 0 aromatic heterocycles. The maximum atomic E-state index is 5.18. The molecule has 1 unspecified atom stereocenters. The van der Waals surface area contributed by atoms with Gasteiger partial charge in [-0.05, 0) is 62.1 Å². The van der Waals surface area contributed by atoms with Crippen LogP contribution in [-0.4, -0.2) is 19.7 Å². The molecule has 2 rings (SSSR count). The summed E-state index contributed by atoms with van der Waals surface area (Å²) in [6.45, 7) is 5.82. The minimum atomic E-state index is 0.603. The van der Waals surface area contributed by atoms with Crippen molar-refractivity contribution in [2.45, 2.75) is 52.0 Å². The van der Waals surface area contributed by atoms with Crippen molar-refractivity contribution in [2.24, 2.45) is 5.41 Å². The van der Waals surface area contributed by atoms with E-state index in [0.29, 0.717) is 11.5 Å². The first kappa shape index (κ1) is 14.4. The van der Waals surface area contributed by atoms with Gasteiger partial charge < -0.3 is 10.1 Å². The van der Waals surface area contributed by atoms with Crippen molar-refractivity contribution in [1.29, 1.82) is 0 Å². The highest BCUT2D eigenvalue weighted by Crippen LogP contribution is 2.47. The molecule has 1 aromatic carbocycles. The summed E-state index contributed by atoms with van der Waals surface area (Å²) in [7, 11) is 1.71. The molecule has 1 saturated carbocycles. The number of benzene rings is 1. The van der Waals surface area contributed by atoms with Crippen molar-refractivity contribution in [3.63, 3.8) is 0 Å². The topological polar surface area (TPSA) is 21.3 Å². The fourth-order valence-corrected chi connectivity index (χ4v) is 2.50. The van der Waals surface area contributed by atoms with E-state index in [2.05, 4.69) is 31.3 Å².